The lowest BCUT2D eigenvalue weighted by molar-refractivity contribution is -0.122. The van der Waals surface area contributed by atoms with E-state index in [0.717, 1.165) is 23.4 Å². The Bertz CT molecular complexity index is 1220. The lowest BCUT2D eigenvalue weighted by Crippen LogP contribution is -2.29. The maximum Gasteiger partial charge on any atom is 0.268 e. The first-order chi connectivity index (χ1) is 16.0. The van der Waals surface area contributed by atoms with Gasteiger partial charge < -0.3 is 19.9 Å². The molecule has 168 valence electrons. The van der Waals surface area contributed by atoms with Crippen molar-refractivity contribution in [1.82, 2.24) is 0 Å². The first kappa shape index (κ1) is 21.2. The number of hydrogen-bond donors (Lipinski definition) is 1. The minimum atomic E-state index is -0.458. The number of methoxy groups -OCH3 is 1. The van der Waals surface area contributed by atoms with Gasteiger partial charge in [0.25, 0.3) is 5.91 Å². The molecule has 0 unspecified atom stereocenters. The molecule has 0 spiro atoms. The summed E-state index contributed by atoms with van der Waals surface area (Å²) in [6.45, 7) is 0.932. The predicted molar refractivity (Wildman–Crippen MR) is 128 cm³/mol. The van der Waals surface area contributed by atoms with Gasteiger partial charge in [-0.15, -0.1) is 11.3 Å². The molecule has 2 aromatic carbocycles. The minimum absolute atomic E-state index is 0.0254. The summed E-state index contributed by atoms with van der Waals surface area (Å²) in [5, 5.41) is 4.83. The minimum Gasteiger partial charge on any atom is -0.497 e. The molecule has 2 aliphatic rings. The second kappa shape index (κ2) is 8.71. The number of fused-ring (bicyclic) bond motifs is 1. The van der Waals surface area contributed by atoms with Crippen LogP contribution in [0.4, 0.5) is 17.1 Å². The van der Waals surface area contributed by atoms with Crippen LogP contribution in [0.5, 0.6) is 5.75 Å². The highest BCUT2D eigenvalue weighted by Crippen LogP contribution is 2.33. The van der Waals surface area contributed by atoms with E-state index in [2.05, 4.69) is 5.32 Å². The normalized spacial score (nSPS) is 17.2. The SMILES string of the molecule is COc1cccc(N2C[C@H](C(=O)Nc3ccc4c(c3)N(C(=O)c3cccs3)CC4)CC2=O)c1. The van der Waals surface area contributed by atoms with Crippen LogP contribution in [-0.4, -0.2) is 37.9 Å². The summed E-state index contributed by atoms with van der Waals surface area (Å²) in [5.41, 5.74) is 3.25. The predicted octanol–water partition coefficient (Wildman–Crippen LogP) is 3.95. The number of amides is 3. The monoisotopic (exact) mass is 461 g/mol. The van der Waals surface area contributed by atoms with Crippen LogP contribution in [0.1, 0.15) is 21.7 Å². The Balaban J connectivity index is 1.29. The average molecular weight is 462 g/mol. The van der Waals surface area contributed by atoms with Crippen LogP contribution < -0.4 is 19.9 Å². The van der Waals surface area contributed by atoms with Crippen molar-refractivity contribution < 1.29 is 19.1 Å². The zero-order chi connectivity index (χ0) is 22.9. The lowest BCUT2D eigenvalue weighted by atomic mass is 10.1. The van der Waals surface area contributed by atoms with Gasteiger partial charge in [-0.05, 0) is 47.7 Å². The van der Waals surface area contributed by atoms with Gasteiger partial charge in [0.2, 0.25) is 11.8 Å². The molecule has 1 saturated heterocycles. The highest BCUT2D eigenvalue weighted by molar-refractivity contribution is 7.12. The van der Waals surface area contributed by atoms with Gasteiger partial charge in [-0.3, -0.25) is 14.4 Å². The third kappa shape index (κ3) is 4.09. The van der Waals surface area contributed by atoms with Crippen molar-refractivity contribution in [1.29, 1.82) is 0 Å². The summed E-state index contributed by atoms with van der Waals surface area (Å²) in [6.07, 6.45) is 0.935. The largest absolute Gasteiger partial charge is 0.497 e. The zero-order valence-corrected chi connectivity index (χ0v) is 18.9. The molecule has 3 heterocycles. The van der Waals surface area contributed by atoms with Gasteiger partial charge in [0.1, 0.15) is 5.75 Å². The lowest BCUT2D eigenvalue weighted by Gasteiger charge is -2.18. The molecule has 0 bridgehead atoms. The fourth-order valence-electron chi connectivity index (χ4n) is 4.36. The molecule has 3 aromatic rings. The van der Waals surface area contributed by atoms with E-state index >= 15 is 0 Å². The van der Waals surface area contributed by atoms with Gasteiger partial charge in [-0.1, -0.05) is 18.2 Å². The van der Waals surface area contributed by atoms with Crippen molar-refractivity contribution in [3.05, 3.63) is 70.4 Å². The van der Waals surface area contributed by atoms with E-state index in [-0.39, 0.29) is 24.1 Å². The van der Waals surface area contributed by atoms with Gasteiger partial charge in [0.05, 0.1) is 17.9 Å². The Kier molecular flexibility index (Phi) is 5.60. The van der Waals surface area contributed by atoms with Crippen molar-refractivity contribution in [3.63, 3.8) is 0 Å². The van der Waals surface area contributed by atoms with Crippen molar-refractivity contribution >= 4 is 46.1 Å². The smallest absolute Gasteiger partial charge is 0.268 e. The quantitative estimate of drug-likeness (QED) is 0.624. The summed E-state index contributed by atoms with van der Waals surface area (Å²) in [7, 11) is 1.58. The topological polar surface area (TPSA) is 79.0 Å². The standard InChI is InChI=1S/C25H23N3O4S/c1-32-20-5-2-4-19(14-20)28-15-17(12-23(28)29)24(30)26-18-8-7-16-9-10-27(21(16)13-18)25(31)22-6-3-11-33-22/h2-8,11,13-14,17H,9-10,12,15H2,1H3,(H,26,30)/t17-/m1/s1. The second-order valence-electron chi connectivity index (χ2n) is 8.12. The molecule has 0 saturated carbocycles. The van der Waals surface area contributed by atoms with Crippen molar-refractivity contribution in [2.45, 2.75) is 12.8 Å². The van der Waals surface area contributed by atoms with Crippen LogP contribution in [0.25, 0.3) is 0 Å². The molecule has 0 radical (unpaired) electrons. The van der Waals surface area contributed by atoms with E-state index in [0.29, 0.717) is 29.4 Å². The number of ether oxygens (including phenoxy) is 1. The molecular weight excluding hydrogens is 438 g/mol. The molecule has 5 rings (SSSR count). The second-order valence-corrected chi connectivity index (χ2v) is 9.07. The van der Waals surface area contributed by atoms with Gasteiger partial charge in [0, 0.05) is 42.6 Å². The van der Waals surface area contributed by atoms with Crippen LogP contribution in [0.15, 0.2) is 60.0 Å². The van der Waals surface area contributed by atoms with Gasteiger partial charge in [-0.25, -0.2) is 0 Å². The molecular formula is C25H23N3O4S. The number of nitrogens with zero attached hydrogens (tertiary/aromatic N) is 2. The van der Waals surface area contributed by atoms with E-state index in [9.17, 15) is 14.4 Å². The number of anilines is 3. The van der Waals surface area contributed by atoms with Crippen LogP contribution in [0, 0.1) is 5.92 Å². The van der Waals surface area contributed by atoms with Crippen molar-refractivity contribution in [3.8, 4) is 5.75 Å². The summed E-state index contributed by atoms with van der Waals surface area (Å²) in [4.78, 5) is 42.5. The highest BCUT2D eigenvalue weighted by Gasteiger charge is 2.35. The molecule has 1 atom stereocenters. The van der Waals surface area contributed by atoms with Crippen molar-refractivity contribution in [2.24, 2.45) is 5.92 Å². The number of nitrogens with one attached hydrogen (secondary N) is 1. The number of carbonyl (C=O) groups is 3. The maximum absolute atomic E-state index is 13.0. The molecule has 7 nitrogen and oxygen atoms in total. The van der Waals surface area contributed by atoms with Crippen LogP contribution in [0.2, 0.25) is 0 Å². The molecule has 8 heteroatoms. The molecule has 33 heavy (non-hydrogen) atoms. The van der Waals surface area contributed by atoms with E-state index < -0.39 is 5.92 Å². The Morgan fingerprint density at radius 3 is 2.79 bits per heavy atom. The Morgan fingerprint density at radius 1 is 1.12 bits per heavy atom. The molecule has 2 aliphatic heterocycles. The van der Waals surface area contributed by atoms with Crippen LogP contribution in [-0.2, 0) is 16.0 Å². The Morgan fingerprint density at radius 2 is 2.00 bits per heavy atom. The number of rotatable bonds is 5. The molecule has 3 amide bonds. The first-order valence-corrected chi connectivity index (χ1v) is 11.6. The fourth-order valence-corrected chi connectivity index (χ4v) is 5.03. The van der Waals surface area contributed by atoms with Crippen LogP contribution in [0.3, 0.4) is 0 Å². The van der Waals surface area contributed by atoms with E-state index in [4.69, 9.17) is 4.74 Å². The number of benzene rings is 2. The molecule has 0 aliphatic carbocycles. The van der Waals surface area contributed by atoms with Gasteiger partial charge in [-0.2, -0.15) is 0 Å². The van der Waals surface area contributed by atoms with E-state index in [1.807, 2.05) is 53.9 Å². The van der Waals surface area contributed by atoms with Crippen molar-refractivity contribution in [2.75, 3.05) is 35.3 Å². The third-order valence-electron chi connectivity index (χ3n) is 6.09. The Labute approximate surface area is 195 Å². The van der Waals surface area contributed by atoms with Crippen LogP contribution >= 0.6 is 11.3 Å². The van der Waals surface area contributed by atoms with E-state index in [1.165, 1.54) is 11.3 Å². The zero-order valence-electron chi connectivity index (χ0n) is 18.1. The number of carbonyl (C=O) groups excluding carboxylic acids is 3. The number of hydrogen-bond acceptors (Lipinski definition) is 5. The highest BCUT2D eigenvalue weighted by atomic mass is 32.1. The number of thiophene rings is 1. The molecule has 1 fully saturated rings. The first-order valence-electron chi connectivity index (χ1n) is 10.8. The molecule has 1 N–H and O–H groups in total. The molecule has 1 aromatic heterocycles. The maximum atomic E-state index is 13.0. The average Bonchev–Trinajstić information content (AvgIpc) is 3.58. The third-order valence-corrected chi connectivity index (χ3v) is 6.94. The Hall–Kier alpha value is -3.65. The van der Waals surface area contributed by atoms with Gasteiger partial charge >= 0.3 is 0 Å². The summed E-state index contributed by atoms with van der Waals surface area (Å²) in [6, 6.07) is 16.6. The summed E-state index contributed by atoms with van der Waals surface area (Å²) >= 11 is 1.42. The van der Waals surface area contributed by atoms with E-state index in [1.54, 1.807) is 23.0 Å². The fraction of sp³-hybridized carbons (Fsp3) is 0.240. The summed E-state index contributed by atoms with van der Waals surface area (Å²) < 4.78 is 5.24. The van der Waals surface area contributed by atoms with Gasteiger partial charge in [0.15, 0.2) is 0 Å². The summed E-state index contributed by atoms with van der Waals surface area (Å²) in [5.74, 6) is -0.121.